The molecule has 0 saturated carbocycles. The summed E-state index contributed by atoms with van der Waals surface area (Å²) < 4.78 is 0. The molecule has 7 nitrogen and oxygen atoms in total. The van der Waals surface area contributed by atoms with E-state index in [0.717, 1.165) is 31.0 Å². The van der Waals surface area contributed by atoms with E-state index in [1.165, 1.54) is 18.2 Å². The van der Waals surface area contributed by atoms with Crippen molar-refractivity contribution in [2.24, 2.45) is 0 Å². The second-order valence-electron chi connectivity index (χ2n) is 4.95. The fourth-order valence-corrected chi connectivity index (χ4v) is 3.05. The fraction of sp³-hybridized carbons (Fsp3) is 0.429. The molecule has 8 heteroatoms. The maximum atomic E-state index is 12.3. The van der Waals surface area contributed by atoms with Gasteiger partial charge in [0.25, 0.3) is 11.6 Å². The predicted octanol–water partition coefficient (Wildman–Crippen LogP) is 1.06. The van der Waals surface area contributed by atoms with Gasteiger partial charge < -0.3 is 14.8 Å². The lowest BCUT2D eigenvalue weighted by Crippen LogP contribution is -2.35. The molecule has 1 fully saturated rings. The summed E-state index contributed by atoms with van der Waals surface area (Å²) in [5, 5.41) is 21.6. The third kappa shape index (κ3) is 3.97. The Labute approximate surface area is 131 Å². The Morgan fingerprint density at radius 1 is 1.23 bits per heavy atom. The third-order valence-corrected chi connectivity index (χ3v) is 4.43. The summed E-state index contributed by atoms with van der Waals surface area (Å²) in [6.45, 7) is 1.32. The maximum Gasteiger partial charge on any atom is 0.283 e. The zero-order chi connectivity index (χ0) is 16.1. The molecule has 0 aromatic heterocycles. The maximum absolute atomic E-state index is 12.3. The molecule has 0 radical (unpaired) electrons. The van der Waals surface area contributed by atoms with Gasteiger partial charge in [-0.1, -0.05) is 0 Å². The number of benzene rings is 1. The molecule has 118 valence electrons. The van der Waals surface area contributed by atoms with Gasteiger partial charge in [0, 0.05) is 30.5 Å². The molecule has 1 aliphatic heterocycles. The van der Waals surface area contributed by atoms with E-state index in [-0.39, 0.29) is 27.8 Å². The van der Waals surface area contributed by atoms with Gasteiger partial charge in [-0.15, -0.1) is 11.8 Å². The first-order valence-electron chi connectivity index (χ1n) is 6.89. The van der Waals surface area contributed by atoms with Crippen molar-refractivity contribution in [2.75, 3.05) is 18.8 Å². The Kier molecular flexibility index (Phi) is 5.37. The van der Waals surface area contributed by atoms with E-state index in [4.69, 9.17) is 0 Å². The number of hydrogen-bond acceptors (Lipinski definition) is 6. The SMILES string of the molecule is O=C([O-])CSc1ccc(C(=O)N2CCCCC2)cc1[N+](=O)[O-]. The van der Waals surface area contributed by atoms with Crippen LogP contribution < -0.4 is 5.11 Å². The van der Waals surface area contributed by atoms with Crippen molar-refractivity contribution < 1.29 is 19.6 Å². The van der Waals surface area contributed by atoms with Crippen molar-refractivity contribution in [1.29, 1.82) is 0 Å². The Hall–Kier alpha value is -2.09. The second kappa shape index (κ2) is 7.26. The summed E-state index contributed by atoms with van der Waals surface area (Å²) in [5.41, 5.74) is 0.000472. The number of amides is 1. The molecule has 0 N–H and O–H groups in total. The Morgan fingerprint density at radius 2 is 1.91 bits per heavy atom. The number of carbonyl (C=O) groups excluding carboxylic acids is 2. The number of rotatable bonds is 5. The zero-order valence-electron chi connectivity index (χ0n) is 11.8. The Morgan fingerprint density at radius 3 is 2.50 bits per heavy atom. The molecule has 1 heterocycles. The fourth-order valence-electron chi connectivity index (χ4n) is 2.33. The largest absolute Gasteiger partial charge is 0.549 e. The molecule has 1 saturated heterocycles. The number of carboxylic acid groups (broad SMARTS) is 1. The number of hydrogen-bond donors (Lipinski definition) is 0. The molecule has 1 aromatic carbocycles. The lowest BCUT2D eigenvalue weighted by atomic mass is 10.1. The number of thioether (sulfide) groups is 1. The van der Waals surface area contributed by atoms with Crippen molar-refractivity contribution >= 4 is 29.3 Å². The van der Waals surface area contributed by atoms with Crippen LogP contribution in [0.3, 0.4) is 0 Å². The van der Waals surface area contributed by atoms with Crippen LogP contribution in [0.2, 0.25) is 0 Å². The van der Waals surface area contributed by atoms with E-state index in [0.29, 0.717) is 13.1 Å². The monoisotopic (exact) mass is 323 g/mol. The molecule has 2 rings (SSSR count). The van der Waals surface area contributed by atoms with Gasteiger partial charge in [0.2, 0.25) is 0 Å². The van der Waals surface area contributed by atoms with Gasteiger partial charge in [0.15, 0.2) is 0 Å². The van der Waals surface area contributed by atoms with Gasteiger partial charge in [-0.05, 0) is 31.4 Å². The first-order chi connectivity index (χ1) is 10.5. The van der Waals surface area contributed by atoms with E-state index < -0.39 is 10.9 Å². The molecule has 0 atom stereocenters. The molecule has 0 bridgehead atoms. The Balaban J connectivity index is 2.22. The van der Waals surface area contributed by atoms with E-state index in [9.17, 15) is 24.8 Å². The van der Waals surface area contributed by atoms with Crippen molar-refractivity contribution in [3.8, 4) is 0 Å². The van der Waals surface area contributed by atoms with Gasteiger partial charge in [-0.3, -0.25) is 14.9 Å². The lowest BCUT2D eigenvalue weighted by Gasteiger charge is -2.26. The van der Waals surface area contributed by atoms with E-state index in [1.54, 1.807) is 4.90 Å². The number of aliphatic carboxylic acids is 1. The van der Waals surface area contributed by atoms with Crippen molar-refractivity contribution in [1.82, 2.24) is 4.90 Å². The highest BCUT2D eigenvalue weighted by Crippen LogP contribution is 2.30. The number of nitro groups is 1. The van der Waals surface area contributed by atoms with E-state index in [1.807, 2.05) is 0 Å². The highest BCUT2D eigenvalue weighted by Gasteiger charge is 2.22. The first kappa shape index (κ1) is 16.3. The van der Waals surface area contributed by atoms with Crippen molar-refractivity contribution in [3.05, 3.63) is 33.9 Å². The number of carboxylic acids is 1. The summed E-state index contributed by atoms with van der Waals surface area (Å²) in [4.78, 5) is 35.2. The molecular formula is C14H15N2O5S-. The van der Waals surface area contributed by atoms with Crippen LogP contribution >= 0.6 is 11.8 Å². The summed E-state index contributed by atoms with van der Waals surface area (Å²) >= 11 is 0.811. The van der Waals surface area contributed by atoms with Crippen molar-refractivity contribution in [2.45, 2.75) is 24.2 Å². The quantitative estimate of drug-likeness (QED) is 0.456. The van der Waals surface area contributed by atoms with Gasteiger partial charge in [-0.2, -0.15) is 0 Å². The molecule has 1 aromatic rings. The average Bonchev–Trinajstić information content (AvgIpc) is 2.52. The highest BCUT2D eigenvalue weighted by molar-refractivity contribution is 8.00. The van der Waals surface area contributed by atoms with Gasteiger partial charge in [0.1, 0.15) is 0 Å². The normalized spacial score (nSPS) is 14.6. The Bertz CT molecular complexity index is 599. The first-order valence-corrected chi connectivity index (χ1v) is 7.88. The van der Waals surface area contributed by atoms with Crippen LogP contribution in [0.5, 0.6) is 0 Å². The molecular weight excluding hydrogens is 308 g/mol. The van der Waals surface area contributed by atoms with Crippen LogP contribution in [-0.4, -0.2) is 40.5 Å². The molecule has 0 aliphatic carbocycles. The van der Waals surface area contributed by atoms with Crippen molar-refractivity contribution in [3.63, 3.8) is 0 Å². The van der Waals surface area contributed by atoms with Gasteiger partial charge >= 0.3 is 0 Å². The smallest absolute Gasteiger partial charge is 0.283 e. The summed E-state index contributed by atoms with van der Waals surface area (Å²) in [7, 11) is 0. The highest BCUT2D eigenvalue weighted by atomic mass is 32.2. The zero-order valence-corrected chi connectivity index (χ0v) is 12.6. The van der Waals surface area contributed by atoms with Crippen LogP contribution in [0.1, 0.15) is 29.6 Å². The number of carbonyl (C=O) groups is 2. The summed E-state index contributed by atoms with van der Waals surface area (Å²) in [6, 6.07) is 4.14. The second-order valence-corrected chi connectivity index (χ2v) is 5.97. The topological polar surface area (TPSA) is 104 Å². The number of piperidine rings is 1. The molecule has 1 aliphatic rings. The van der Waals surface area contributed by atoms with Crippen LogP contribution in [0.15, 0.2) is 23.1 Å². The van der Waals surface area contributed by atoms with Crippen LogP contribution in [-0.2, 0) is 4.79 Å². The molecule has 1 amide bonds. The van der Waals surface area contributed by atoms with E-state index in [2.05, 4.69) is 0 Å². The predicted molar refractivity (Wildman–Crippen MR) is 78.6 cm³/mol. The lowest BCUT2D eigenvalue weighted by molar-refractivity contribution is -0.387. The number of nitrogens with zero attached hydrogens (tertiary/aromatic N) is 2. The summed E-state index contributed by atoms with van der Waals surface area (Å²) in [5.74, 6) is -1.90. The minimum Gasteiger partial charge on any atom is -0.549 e. The average molecular weight is 323 g/mol. The number of nitro benzene ring substituents is 1. The van der Waals surface area contributed by atoms with Crippen LogP contribution in [0.4, 0.5) is 5.69 Å². The minimum atomic E-state index is -1.30. The molecule has 22 heavy (non-hydrogen) atoms. The molecule has 0 unspecified atom stereocenters. The number of likely N-dealkylation sites (tertiary alicyclic amines) is 1. The van der Waals surface area contributed by atoms with Gasteiger partial charge in [-0.25, -0.2) is 0 Å². The minimum absolute atomic E-state index is 0.212. The van der Waals surface area contributed by atoms with Gasteiger partial charge in [0.05, 0.1) is 15.8 Å². The van der Waals surface area contributed by atoms with Crippen LogP contribution in [0.25, 0.3) is 0 Å². The summed E-state index contributed by atoms with van der Waals surface area (Å²) in [6.07, 6.45) is 2.96. The van der Waals surface area contributed by atoms with E-state index >= 15 is 0 Å². The molecule has 0 spiro atoms. The van der Waals surface area contributed by atoms with Crippen LogP contribution in [0, 0.1) is 10.1 Å². The third-order valence-electron chi connectivity index (χ3n) is 3.39. The standard InChI is InChI=1S/C14H16N2O5S/c17-13(18)9-22-12-5-4-10(8-11(12)16(20)21)14(19)15-6-2-1-3-7-15/h4-5,8H,1-3,6-7,9H2,(H,17,18)/p-1.